The molecule has 0 fully saturated rings. The normalized spacial score (nSPS) is 14.1. The lowest BCUT2D eigenvalue weighted by Crippen LogP contribution is -2.16. The Morgan fingerprint density at radius 1 is 0.355 bits per heavy atom. The van der Waals surface area contributed by atoms with E-state index in [1.807, 2.05) is 11.3 Å². The number of rotatable bonds is 6. The Bertz CT molecular complexity index is 3420. The van der Waals surface area contributed by atoms with Crippen LogP contribution in [0.4, 0.5) is 17.1 Å². The number of nitrogens with zero attached hydrogens (tertiary/aromatic N) is 1. The number of hydrogen-bond acceptors (Lipinski definition) is 2. The molecule has 296 valence electrons. The van der Waals surface area contributed by atoms with E-state index in [9.17, 15) is 0 Å². The summed E-state index contributed by atoms with van der Waals surface area (Å²) in [6, 6.07) is 74.7. The first-order valence-electron chi connectivity index (χ1n) is 21.8. The van der Waals surface area contributed by atoms with Gasteiger partial charge in [-0.1, -0.05) is 185 Å². The second-order valence-corrected chi connectivity index (χ2v) is 19.1. The quantitative estimate of drug-likeness (QED) is 0.162. The molecule has 62 heavy (non-hydrogen) atoms. The van der Waals surface area contributed by atoms with E-state index in [2.05, 4.69) is 233 Å². The van der Waals surface area contributed by atoms with Crippen molar-refractivity contribution in [2.75, 3.05) is 4.90 Å². The summed E-state index contributed by atoms with van der Waals surface area (Å²) in [6.45, 7) is 9.49. The van der Waals surface area contributed by atoms with Crippen LogP contribution in [0.2, 0.25) is 0 Å². The molecule has 1 heterocycles. The molecular weight excluding hydrogens is 767 g/mol. The Labute approximate surface area is 368 Å². The molecule has 9 aromatic carbocycles. The fraction of sp³-hybridized carbons (Fsp3) is 0.100. The third kappa shape index (κ3) is 5.46. The van der Waals surface area contributed by atoms with E-state index in [4.69, 9.17) is 0 Å². The van der Waals surface area contributed by atoms with Gasteiger partial charge in [0.15, 0.2) is 0 Å². The molecule has 12 rings (SSSR count). The van der Waals surface area contributed by atoms with Crippen molar-refractivity contribution < 1.29 is 0 Å². The summed E-state index contributed by atoms with van der Waals surface area (Å²) in [5.41, 5.74) is 21.5. The molecule has 1 nitrogen and oxygen atoms in total. The van der Waals surface area contributed by atoms with E-state index in [0.717, 1.165) is 17.1 Å². The van der Waals surface area contributed by atoms with Crippen molar-refractivity contribution in [1.29, 1.82) is 0 Å². The average Bonchev–Trinajstić information content (AvgIpc) is 3.89. The van der Waals surface area contributed by atoms with Gasteiger partial charge in [0, 0.05) is 47.9 Å². The molecule has 0 N–H and O–H groups in total. The lowest BCUT2D eigenvalue weighted by molar-refractivity contribution is 0.660. The van der Waals surface area contributed by atoms with Crippen molar-refractivity contribution in [3.8, 4) is 55.6 Å². The Kier molecular flexibility index (Phi) is 8.17. The summed E-state index contributed by atoms with van der Waals surface area (Å²) in [5.74, 6) is 0. The maximum atomic E-state index is 2.47. The Balaban J connectivity index is 1.03. The number of para-hydroxylation sites is 1. The second kappa shape index (κ2) is 13.8. The molecule has 0 saturated carbocycles. The zero-order valence-corrected chi connectivity index (χ0v) is 36.2. The van der Waals surface area contributed by atoms with E-state index in [0.29, 0.717) is 0 Å². The minimum Gasteiger partial charge on any atom is -0.310 e. The lowest BCUT2D eigenvalue weighted by atomic mass is 9.79. The van der Waals surface area contributed by atoms with Gasteiger partial charge in [0.05, 0.1) is 5.69 Å². The molecule has 0 atom stereocenters. The van der Waals surface area contributed by atoms with Crippen molar-refractivity contribution in [3.05, 3.63) is 222 Å². The van der Waals surface area contributed by atoms with Crippen molar-refractivity contribution in [2.24, 2.45) is 0 Å². The van der Waals surface area contributed by atoms with E-state index < -0.39 is 0 Å². The first kappa shape index (κ1) is 36.8. The highest BCUT2D eigenvalue weighted by atomic mass is 32.1. The van der Waals surface area contributed by atoms with E-state index in [-0.39, 0.29) is 10.8 Å². The molecule has 10 aromatic rings. The smallest absolute Gasteiger partial charge is 0.0540 e. The van der Waals surface area contributed by atoms with Gasteiger partial charge in [0.25, 0.3) is 0 Å². The molecule has 0 bridgehead atoms. The van der Waals surface area contributed by atoms with Crippen LogP contribution in [0.25, 0.3) is 75.8 Å². The standard InChI is InChI=1S/C60H45NS/c1-59(2)52-26-9-5-19-46(52)48-35-32-40(37-54(48)59)43-18-7-11-28-55(43)61(41-33-30-38(31-34-41)45-23-15-25-51-49-21-8-12-29-56(49)62-58(45)51)42-17-13-16-39(36-42)44-22-14-24-50-47-20-6-10-27-53(47)60(3,4)57(44)50/h5-37H,1-4H3. The Morgan fingerprint density at radius 3 is 1.74 bits per heavy atom. The third-order valence-corrected chi connectivity index (χ3v) is 15.1. The zero-order chi connectivity index (χ0) is 41.7. The maximum Gasteiger partial charge on any atom is 0.0540 e. The predicted molar refractivity (Wildman–Crippen MR) is 265 cm³/mol. The van der Waals surface area contributed by atoms with E-state index >= 15 is 0 Å². The van der Waals surface area contributed by atoms with Crippen molar-refractivity contribution in [2.45, 2.75) is 38.5 Å². The van der Waals surface area contributed by atoms with Gasteiger partial charge < -0.3 is 4.90 Å². The SMILES string of the molecule is CC1(C)c2ccccc2-c2ccc(-c3ccccc3N(c3ccc(-c4cccc5c4sc4ccccc45)cc3)c3cccc(-c4cccc5c4C(C)(C)c4ccccc4-5)c3)cc21. The number of benzene rings is 9. The summed E-state index contributed by atoms with van der Waals surface area (Å²) < 4.78 is 2.66. The average molecular weight is 812 g/mol. The molecule has 2 aliphatic rings. The fourth-order valence-corrected chi connectivity index (χ4v) is 12.1. The molecule has 0 unspecified atom stereocenters. The molecule has 0 aliphatic heterocycles. The van der Waals surface area contributed by atoms with Crippen LogP contribution in [0, 0.1) is 0 Å². The highest BCUT2D eigenvalue weighted by Crippen LogP contribution is 2.54. The van der Waals surface area contributed by atoms with E-state index in [1.165, 1.54) is 98.1 Å². The van der Waals surface area contributed by atoms with Gasteiger partial charge in [0.1, 0.15) is 0 Å². The van der Waals surface area contributed by atoms with E-state index in [1.54, 1.807) is 0 Å². The zero-order valence-electron chi connectivity index (χ0n) is 35.4. The predicted octanol–water partition coefficient (Wildman–Crippen LogP) is 17.1. The molecule has 0 amide bonds. The Hall–Kier alpha value is -7.00. The highest BCUT2D eigenvalue weighted by Gasteiger charge is 2.38. The topological polar surface area (TPSA) is 3.24 Å². The number of hydrogen-bond donors (Lipinski definition) is 0. The van der Waals surface area contributed by atoms with Crippen LogP contribution in [0.1, 0.15) is 49.9 Å². The molecule has 1 aromatic heterocycles. The number of fused-ring (bicyclic) bond motifs is 9. The highest BCUT2D eigenvalue weighted by molar-refractivity contribution is 7.26. The van der Waals surface area contributed by atoms with Crippen LogP contribution in [-0.2, 0) is 10.8 Å². The minimum absolute atomic E-state index is 0.0959. The molecule has 2 heteroatoms. The van der Waals surface area contributed by atoms with Crippen LogP contribution >= 0.6 is 11.3 Å². The Morgan fingerprint density at radius 2 is 0.919 bits per heavy atom. The van der Waals surface area contributed by atoms with Gasteiger partial charge in [-0.05, 0) is 115 Å². The van der Waals surface area contributed by atoms with Gasteiger partial charge in [-0.3, -0.25) is 0 Å². The minimum atomic E-state index is -0.126. The number of thiophene rings is 1. The lowest BCUT2D eigenvalue weighted by Gasteiger charge is -2.29. The van der Waals surface area contributed by atoms with Crippen LogP contribution in [0.5, 0.6) is 0 Å². The van der Waals surface area contributed by atoms with Gasteiger partial charge in [-0.25, -0.2) is 0 Å². The first-order valence-corrected chi connectivity index (χ1v) is 22.6. The van der Waals surface area contributed by atoms with Gasteiger partial charge in [0.2, 0.25) is 0 Å². The van der Waals surface area contributed by atoms with Crippen molar-refractivity contribution in [3.63, 3.8) is 0 Å². The largest absolute Gasteiger partial charge is 0.310 e. The van der Waals surface area contributed by atoms with Gasteiger partial charge >= 0.3 is 0 Å². The second-order valence-electron chi connectivity index (χ2n) is 18.1. The molecule has 0 spiro atoms. The summed E-state index contributed by atoms with van der Waals surface area (Å²) in [6.07, 6.45) is 0. The molecule has 0 radical (unpaired) electrons. The maximum absolute atomic E-state index is 2.47. The third-order valence-electron chi connectivity index (χ3n) is 13.9. The summed E-state index contributed by atoms with van der Waals surface area (Å²) in [5, 5.41) is 2.64. The van der Waals surface area contributed by atoms with Crippen LogP contribution < -0.4 is 4.90 Å². The van der Waals surface area contributed by atoms with Crippen LogP contribution in [0.15, 0.2) is 200 Å². The van der Waals surface area contributed by atoms with Gasteiger partial charge in [-0.15, -0.1) is 11.3 Å². The van der Waals surface area contributed by atoms with Gasteiger partial charge in [-0.2, -0.15) is 0 Å². The number of anilines is 3. The summed E-state index contributed by atoms with van der Waals surface area (Å²) in [7, 11) is 0. The fourth-order valence-electron chi connectivity index (χ4n) is 10.9. The van der Waals surface area contributed by atoms with Crippen molar-refractivity contribution in [1.82, 2.24) is 0 Å². The monoisotopic (exact) mass is 811 g/mol. The first-order chi connectivity index (χ1) is 30.3. The molecule has 0 saturated heterocycles. The summed E-state index contributed by atoms with van der Waals surface area (Å²) in [4.78, 5) is 2.47. The summed E-state index contributed by atoms with van der Waals surface area (Å²) >= 11 is 1.88. The molecule has 2 aliphatic carbocycles. The van der Waals surface area contributed by atoms with Crippen LogP contribution in [0.3, 0.4) is 0 Å². The van der Waals surface area contributed by atoms with Crippen LogP contribution in [-0.4, -0.2) is 0 Å². The van der Waals surface area contributed by atoms with Crippen molar-refractivity contribution >= 4 is 48.6 Å². The molecular formula is C60H45NS.